The van der Waals surface area contributed by atoms with Gasteiger partial charge in [0.05, 0.1) is 18.7 Å². The van der Waals surface area contributed by atoms with Crippen LogP contribution in [0.4, 0.5) is 0 Å². The van der Waals surface area contributed by atoms with Crippen LogP contribution in [0.1, 0.15) is 20.8 Å². The van der Waals surface area contributed by atoms with Gasteiger partial charge in [0.2, 0.25) is 6.79 Å². The number of halogens is 1. The Kier molecular flexibility index (Phi) is 9.12. The molecule has 0 aromatic heterocycles. The van der Waals surface area contributed by atoms with E-state index in [1.54, 1.807) is 7.11 Å². The largest absolute Gasteiger partial charge is 0.492 e. The van der Waals surface area contributed by atoms with Crippen molar-refractivity contribution < 1.29 is 18.9 Å². The number of nitrogens with zero attached hydrogens (tertiary/aromatic N) is 1. The lowest BCUT2D eigenvalue weighted by Crippen LogP contribution is -2.40. The molecule has 1 aromatic carbocycles. The molecule has 142 valence electrons. The SMILES string of the molecule is CCNC(=NCC(C)(C)OC)NCCOc1ccc2c(c1)OCO2.I. The first-order chi connectivity index (χ1) is 11.5. The summed E-state index contributed by atoms with van der Waals surface area (Å²) in [6.07, 6.45) is 0. The number of ether oxygens (including phenoxy) is 4. The van der Waals surface area contributed by atoms with E-state index in [4.69, 9.17) is 18.9 Å². The maximum atomic E-state index is 5.72. The van der Waals surface area contributed by atoms with E-state index < -0.39 is 0 Å². The third-order valence-corrected chi connectivity index (χ3v) is 3.52. The van der Waals surface area contributed by atoms with E-state index in [2.05, 4.69) is 15.6 Å². The third-order valence-electron chi connectivity index (χ3n) is 3.52. The van der Waals surface area contributed by atoms with E-state index in [0.29, 0.717) is 19.7 Å². The molecule has 2 rings (SSSR count). The normalized spacial score (nSPS) is 13.2. The van der Waals surface area contributed by atoms with E-state index in [1.807, 2.05) is 39.0 Å². The van der Waals surface area contributed by atoms with Crippen molar-refractivity contribution in [3.63, 3.8) is 0 Å². The summed E-state index contributed by atoms with van der Waals surface area (Å²) >= 11 is 0. The van der Waals surface area contributed by atoms with Crippen molar-refractivity contribution in [3.8, 4) is 17.2 Å². The summed E-state index contributed by atoms with van der Waals surface area (Å²) in [5, 5.41) is 6.45. The molecule has 0 spiro atoms. The molecule has 0 amide bonds. The highest BCUT2D eigenvalue weighted by molar-refractivity contribution is 14.0. The van der Waals surface area contributed by atoms with Crippen molar-refractivity contribution in [2.75, 3.05) is 40.1 Å². The molecular formula is C17H28IN3O4. The van der Waals surface area contributed by atoms with Gasteiger partial charge < -0.3 is 29.6 Å². The minimum absolute atomic E-state index is 0. The number of hydrogen-bond donors (Lipinski definition) is 2. The monoisotopic (exact) mass is 465 g/mol. The van der Waals surface area contributed by atoms with Crippen LogP contribution in [0.2, 0.25) is 0 Å². The second-order valence-corrected chi connectivity index (χ2v) is 5.95. The van der Waals surface area contributed by atoms with E-state index in [9.17, 15) is 0 Å². The molecule has 25 heavy (non-hydrogen) atoms. The zero-order valence-corrected chi connectivity index (χ0v) is 17.6. The molecule has 1 aromatic rings. The number of fused-ring (bicyclic) bond motifs is 1. The molecule has 0 atom stereocenters. The molecule has 7 nitrogen and oxygen atoms in total. The molecule has 0 aliphatic carbocycles. The van der Waals surface area contributed by atoms with Gasteiger partial charge in [0.1, 0.15) is 12.4 Å². The molecule has 0 unspecified atom stereocenters. The fraction of sp³-hybridized carbons (Fsp3) is 0.588. The van der Waals surface area contributed by atoms with Crippen LogP contribution < -0.4 is 24.8 Å². The van der Waals surface area contributed by atoms with Gasteiger partial charge in [-0.3, -0.25) is 4.99 Å². The van der Waals surface area contributed by atoms with E-state index >= 15 is 0 Å². The second kappa shape index (κ2) is 10.5. The number of nitrogens with one attached hydrogen (secondary N) is 2. The smallest absolute Gasteiger partial charge is 0.231 e. The fourth-order valence-electron chi connectivity index (χ4n) is 1.98. The predicted molar refractivity (Wildman–Crippen MR) is 109 cm³/mol. The lowest BCUT2D eigenvalue weighted by molar-refractivity contribution is 0.0310. The van der Waals surface area contributed by atoms with Crippen LogP contribution in [-0.2, 0) is 4.74 Å². The van der Waals surface area contributed by atoms with Crippen LogP contribution in [0, 0.1) is 0 Å². The van der Waals surface area contributed by atoms with Gasteiger partial charge in [0.25, 0.3) is 0 Å². The standard InChI is InChI=1S/C17H27N3O4.HI/c1-5-18-16(20-11-17(2,3)21-4)19-8-9-22-13-6-7-14-15(10-13)24-12-23-14;/h6-7,10H,5,8-9,11-12H2,1-4H3,(H2,18,19,20);1H. The van der Waals surface area contributed by atoms with E-state index in [0.717, 1.165) is 29.8 Å². The lowest BCUT2D eigenvalue weighted by atomic mass is 10.1. The molecule has 0 saturated heterocycles. The quantitative estimate of drug-likeness (QED) is 0.266. The average molecular weight is 465 g/mol. The van der Waals surface area contributed by atoms with Gasteiger partial charge >= 0.3 is 0 Å². The molecule has 8 heteroatoms. The summed E-state index contributed by atoms with van der Waals surface area (Å²) in [6.45, 7) is 8.81. The summed E-state index contributed by atoms with van der Waals surface area (Å²) in [7, 11) is 1.69. The number of guanidine groups is 1. The first kappa shape index (κ1) is 21.6. The molecule has 2 N–H and O–H groups in total. The van der Waals surface area contributed by atoms with Crippen molar-refractivity contribution in [2.24, 2.45) is 4.99 Å². The zero-order valence-electron chi connectivity index (χ0n) is 15.3. The highest BCUT2D eigenvalue weighted by atomic mass is 127. The Bertz CT molecular complexity index is 567. The summed E-state index contributed by atoms with van der Waals surface area (Å²) in [5.74, 6) is 2.97. The summed E-state index contributed by atoms with van der Waals surface area (Å²) in [4.78, 5) is 4.53. The number of aliphatic imine (C=N–C) groups is 1. The molecule has 1 aliphatic heterocycles. The van der Waals surface area contributed by atoms with Crippen LogP contribution in [0.5, 0.6) is 17.2 Å². The topological polar surface area (TPSA) is 73.3 Å². The number of benzene rings is 1. The molecule has 1 aliphatic rings. The maximum absolute atomic E-state index is 5.72. The van der Waals surface area contributed by atoms with E-state index in [-0.39, 0.29) is 36.4 Å². The Morgan fingerprint density at radius 2 is 2.00 bits per heavy atom. The molecule has 0 radical (unpaired) electrons. The van der Waals surface area contributed by atoms with Gasteiger partial charge in [0, 0.05) is 19.7 Å². The summed E-state index contributed by atoms with van der Waals surface area (Å²) < 4.78 is 21.7. The van der Waals surface area contributed by atoms with Gasteiger partial charge in [-0.05, 0) is 32.9 Å². The highest BCUT2D eigenvalue weighted by Gasteiger charge is 2.16. The molecule has 0 fully saturated rings. The van der Waals surface area contributed by atoms with Crippen LogP contribution in [0.15, 0.2) is 23.2 Å². The van der Waals surface area contributed by atoms with Crippen LogP contribution in [0.3, 0.4) is 0 Å². The zero-order chi connectivity index (χ0) is 17.4. The number of rotatable bonds is 8. The van der Waals surface area contributed by atoms with Gasteiger partial charge in [-0.1, -0.05) is 0 Å². The van der Waals surface area contributed by atoms with E-state index in [1.165, 1.54) is 0 Å². The summed E-state index contributed by atoms with van der Waals surface area (Å²) in [5.41, 5.74) is -0.286. The van der Waals surface area contributed by atoms with Crippen molar-refractivity contribution in [1.82, 2.24) is 10.6 Å². The molecule has 0 saturated carbocycles. The highest BCUT2D eigenvalue weighted by Crippen LogP contribution is 2.34. The van der Waals surface area contributed by atoms with Gasteiger partial charge in [-0.2, -0.15) is 0 Å². The fourth-order valence-corrected chi connectivity index (χ4v) is 1.98. The van der Waals surface area contributed by atoms with Crippen molar-refractivity contribution in [3.05, 3.63) is 18.2 Å². The van der Waals surface area contributed by atoms with Crippen molar-refractivity contribution >= 4 is 29.9 Å². The Morgan fingerprint density at radius 3 is 2.72 bits per heavy atom. The predicted octanol–water partition coefficient (Wildman–Crippen LogP) is 2.39. The Morgan fingerprint density at radius 1 is 1.24 bits per heavy atom. The Hall–Kier alpha value is -1.42. The minimum atomic E-state index is -0.286. The maximum Gasteiger partial charge on any atom is 0.231 e. The van der Waals surface area contributed by atoms with Gasteiger partial charge in [0.15, 0.2) is 17.5 Å². The Labute approximate surface area is 166 Å². The second-order valence-electron chi connectivity index (χ2n) is 5.95. The van der Waals surface area contributed by atoms with Gasteiger partial charge in [-0.15, -0.1) is 24.0 Å². The third kappa shape index (κ3) is 7.15. The van der Waals surface area contributed by atoms with Gasteiger partial charge in [-0.25, -0.2) is 0 Å². The van der Waals surface area contributed by atoms with Crippen molar-refractivity contribution in [2.45, 2.75) is 26.4 Å². The Balaban J connectivity index is 0.00000312. The minimum Gasteiger partial charge on any atom is -0.492 e. The number of methoxy groups -OCH3 is 1. The summed E-state index contributed by atoms with van der Waals surface area (Å²) in [6, 6.07) is 5.56. The molecule has 1 heterocycles. The number of hydrogen-bond acceptors (Lipinski definition) is 5. The molecule has 0 bridgehead atoms. The molecular weight excluding hydrogens is 437 g/mol. The van der Waals surface area contributed by atoms with Crippen LogP contribution in [-0.4, -0.2) is 51.7 Å². The van der Waals surface area contributed by atoms with Crippen molar-refractivity contribution in [1.29, 1.82) is 0 Å². The van der Waals surface area contributed by atoms with Crippen LogP contribution >= 0.6 is 24.0 Å². The average Bonchev–Trinajstić information content (AvgIpc) is 3.04. The van der Waals surface area contributed by atoms with Crippen LogP contribution in [0.25, 0.3) is 0 Å². The first-order valence-corrected chi connectivity index (χ1v) is 8.14. The first-order valence-electron chi connectivity index (χ1n) is 8.14. The lowest BCUT2D eigenvalue weighted by Gasteiger charge is -2.21.